The first-order chi connectivity index (χ1) is 10.3. The smallest absolute Gasteiger partial charge is 0.228 e. The Morgan fingerprint density at radius 2 is 2.09 bits per heavy atom. The first-order valence-corrected chi connectivity index (χ1v) is 7.62. The Balaban J connectivity index is 1.77. The Morgan fingerprint density at radius 3 is 2.77 bits per heavy atom. The number of hydrogen-bond acceptors (Lipinski definition) is 3. The fourth-order valence-corrected chi connectivity index (χ4v) is 3.19. The van der Waals surface area contributed by atoms with Crippen LogP contribution >= 0.6 is 0 Å². The lowest BCUT2D eigenvalue weighted by atomic mass is 10.1. The third-order valence-electron chi connectivity index (χ3n) is 4.47. The van der Waals surface area contributed by atoms with E-state index in [4.69, 9.17) is 4.42 Å². The lowest BCUT2D eigenvalue weighted by molar-refractivity contribution is -0.118. The van der Waals surface area contributed by atoms with Crippen LogP contribution in [-0.4, -0.2) is 10.9 Å². The molecule has 2 atom stereocenters. The minimum Gasteiger partial charge on any atom is -0.441 e. The minimum atomic E-state index is 0.0237. The van der Waals surface area contributed by atoms with Crippen molar-refractivity contribution in [3.63, 3.8) is 0 Å². The Morgan fingerprint density at radius 1 is 1.36 bits per heavy atom. The molecule has 1 N–H and O–H groups in total. The molecule has 1 fully saturated rings. The average molecular weight is 298 g/mol. The van der Waals surface area contributed by atoms with Crippen LogP contribution in [0.25, 0.3) is 11.1 Å². The van der Waals surface area contributed by atoms with E-state index in [1.165, 1.54) is 5.57 Å². The molecule has 1 aliphatic rings. The lowest BCUT2D eigenvalue weighted by Gasteiger charge is -2.05. The third kappa shape index (κ3) is 2.54. The van der Waals surface area contributed by atoms with Gasteiger partial charge in [-0.25, -0.2) is 4.98 Å². The van der Waals surface area contributed by atoms with Crippen LogP contribution in [0.1, 0.15) is 33.6 Å². The van der Waals surface area contributed by atoms with Crippen LogP contribution in [0.2, 0.25) is 0 Å². The quantitative estimate of drug-likeness (QED) is 0.859. The zero-order chi connectivity index (χ0) is 16.1. The summed E-state index contributed by atoms with van der Waals surface area (Å²) in [5.74, 6) is 1.05. The summed E-state index contributed by atoms with van der Waals surface area (Å²) in [7, 11) is 0. The van der Waals surface area contributed by atoms with Crippen molar-refractivity contribution in [2.45, 2.75) is 34.6 Å². The molecule has 1 aromatic carbocycles. The number of nitrogens with zero attached hydrogens (tertiary/aromatic N) is 1. The molecular weight excluding hydrogens is 276 g/mol. The van der Waals surface area contributed by atoms with Gasteiger partial charge in [0.2, 0.25) is 5.91 Å². The number of allylic oxidation sites excluding steroid dienone is 2. The molecule has 1 aromatic heterocycles. The average Bonchev–Trinajstić information content (AvgIpc) is 2.75. The summed E-state index contributed by atoms with van der Waals surface area (Å²) >= 11 is 0. The molecule has 0 bridgehead atoms. The molecular formula is C18H22N2O2. The summed E-state index contributed by atoms with van der Waals surface area (Å²) in [6.45, 7) is 10.3. The monoisotopic (exact) mass is 298 g/mol. The number of oxazole rings is 1. The number of fused-ring (bicyclic) bond motifs is 1. The van der Waals surface area contributed by atoms with Crippen molar-refractivity contribution in [1.82, 2.24) is 4.98 Å². The molecule has 0 spiro atoms. The van der Waals surface area contributed by atoms with Crippen LogP contribution < -0.4 is 5.32 Å². The predicted octanol–water partition coefficient (Wildman–Crippen LogP) is 4.31. The minimum absolute atomic E-state index is 0.0237. The van der Waals surface area contributed by atoms with Crippen molar-refractivity contribution in [2.75, 3.05) is 5.32 Å². The SMILES string of the molecule is CC(C)=C[C@H]1[C@H](C(=O)Nc2ccc3oc(C)nc3c2)C1(C)C. The number of hydrogen-bond donors (Lipinski definition) is 1. The zero-order valence-electron chi connectivity index (χ0n) is 13.7. The Hall–Kier alpha value is -2.10. The lowest BCUT2D eigenvalue weighted by Crippen LogP contribution is -2.16. The molecule has 1 saturated carbocycles. The van der Waals surface area contributed by atoms with E-state index in [-0.39, 0.29) is 17.2 Å². The Bertz CT molecular complexity index is 766. The van der Waals surface area contributed by atoms with Crippen molar-refractivity contribution < 1.29 is 9.21 Å². The maximum absolute atomic E-state index is 12.5. The molecule has 22 heavy (non-hydrogen) atoms. The summed E-state index contributed by atoms with van der Waals surface area (Å²) in [5, 5.41) is 3.01. The van der Waals surface area contributed by atoms with Gasteiger partial charge in [0.25, 0.3) is 0 Å². The molecule has 0 aliphatic heterocycles. The van der Waals surface area contributed by atoms with Crippen molar-refractivity contribution >= 4 is 22.7 Å². The van der Waals surface area contributed by atoms with Gasteiger partial charge in [-0.2, -0.15) is 0 Å². The second kappa shape index (κ2) is 4.97. The van der Waals surface area contributed by atoms with E-state index in [1.54, 1.807) is 0 Å². The van der Waals surface area contributed by atoms with Gasteiger partial charge in [0, 0.05) is 12.6 Å². The van der Waals surface area contributed by atoms with Gasteiger partial charge in [-0.1, -0.05) is 25.5 Å². The zero-order valence-corrected chi connectivity index (χ0v) is 13.7. The van der Waals surface area contributed by atoms with E-state index in [2.05, 4.69) is 44.1 Å². The van der Waals surface area contributed by atoms with Crippen LogP contribution in [0, 0.1) is 24.2 Å². The fourth-order valence-electron chi connectivity index (χ4n) is 3.19. The van der Waals surface area contributed by atoms with E-state index < -0.39 is 0 Å². The molecule has 1 heterocycles. The fraction of sp³-hybridized carbons (Fsp3) is 0.444. The molecule has 1 aliphatic carbocycles. The molecule has 2 aromatic rings. The standard InChI is InChI=1S/C18H22N2O2/c1-10(2)8-13-16(18(13,4)5)17(21)20-12-6-7-15-14(9-12)19-11(3)22-15/h6-9,13,16H,1-5H3,(H,20,21)/t13-,16+/m0/s1. The highest BCUT2D eigenvalue weighted by Gasteiger charge is 2.60. The topological polar surface area (TPSA) is 55.1 Å². The molecule has 3 rings (SSSR count). The summed E-state index contributed by atoms with van der Waals surface area (Å²) in [6.07, 6.45) is 2.20. The van der Waals surface area contributed by atoms with Gasteiger partial charge in [-0.05, 0) is 43.4 Å². The van der Waals surface area contributed by atoms with Crippen molar-refractivity contribution in [1.29, 1.82) is 0 Å². The van der Waals surface area contributed by atoms with Crippen LogP contribution in [0.15, 0.2) is 34.3 Å². The number of anilines is 1. The molecule has 1 amide bonds. The maximum atomic E-state index is 12.5. The van der Waals surface area contributed by atoms with Crippen molar-refractivity contribution in [3.05, 3.63) is 35.7 Å². The number of benzene rings is 1. The van der Waals surface area contributed by atoms with Gasteiger partial charge in [-0.3, -0.25) is 4.79 Å². The van der Waals surface area contributed by atoms with Crippen LogP contribution in [0.4, 0.5) is 5.69 Å². The number of carbonyl (C=O) groups excluding carboxylic acids is 1. The Labute approximate surface area is 130 Å². The van der Waals surface area contributed by atoms with Gasteiger partial charge in [0.15, 0.2) is 11.5 Å². The first-order valence-electron chi connectivity index (χ1n) is 7.62. The van der Waals surface area contributed by atoms with E-state index in [1.807, 2.05) is 25.1 Å². The number of rotatable bonds is 3. The van der Waals surface area contributed by atoms with Crippen LogP contribution in [0.3, 0.4) is 0 Å². The summed E-state index contributed by atoms with van der Waals surface area (Å²) < 4.78 is 5.45. The number of nitrogens with one attached hydrogen (secondary N) is 1. The largest absolute Gasteiger partial charge is 0.441 e. The predicted molar refractivity (Wildman–Crippen MR) is 87.6 cm³/mol. The normalized spacial score (nSPS) is 22.4. The van der Waals surface area contributed by atoms with Gasteiger partial charge in [-0.15, -0.1) is 0 Å². The molecule has 0 unspecified atom stereocenters. The Kier molecular flexibility index (Phi) is 3.35. The van der Waals surface area contributed by atoms with Gasteiger partial charge < -0.3 is 9.73 Å². The highest BCUT2D eigenvalue weighted by molar-refractivity contribution is 5.97. The van der Waals surface area contributed by atoms with E-state index in [0.29, 0.717) is 11.8 Å². The number of carbonyl (C=O) groups is 1. The molecule has 0 saturated heterocycles. The highest BCUT2D eigenvalue weighted by Crippen LogP contribution is 2.59. The van der Waals surface area contributed by atoms with Crippen molar-refractivity contribution in [3.8, 4) is 0 Å². The number of aromatic nitrogens is 1. The number of amides is 1. The van der Waals surface area contributed by atoms with Gasteiger partial charge in [0.1, 0.15) is 5.52 Å². The highest BCUT2D eigenvalue weighted by atomic mass is 16.3. The van der Waals surface area contributed by atoms with E-state index in [0.717, 1.165) is 16.8 Å². The summed E-state index contributed by atoms with van der Waals surface area (Å²) in [6, 6.07) is 5.56. The van der Waals surface area contributed by atoms with E-state index in [9.17, 15) is 4.79 Å². The molecule has 4 nitrogen and oxygen atoms in total. The summed E-state index contributed by atoms with van der Waals surface area (Å²) in [4.78, 5) is 16.8. The molecule has 4 heteroatoms. The maximum Gasteiger partial charge on any atom is 0.228 e. The van der Waals surface area contributed by atoms with Crippen LogP contribution in [-0.2, 0) is 4.79 Å². The van der Waals surface area contributed by atoms with Crippen molar-refractivity contribution in [2.24, 2.45) is 17.3 Å². The second-order valence-corrected chi connectivity index (χ2v) is 6.97. The van der Waals surface area contributed by atoms with Gasteiger partial charge in [0.05, 0.1) is 5.92 Å². The van der Waals surface area contributed by atoms with Gasteiger partial charge >= 0.3 is 0 Å². The van der Waals surface area contributed by atoms with Crippen LogP contribution in [0.5, 0.6) is 0 Å². The number of aryl methyl sites for hydroxylation is 1. The second-order valence-electron chi connectivity index (χ2n) is 6.97. The third-order valence-corrected chi connectivity index (χ3v) is 4.47. The molecule has 116 valence electrons. The first kappa shape index (κ1) is 14.8. The summed E-state index contributed by atoms with van der Waals surface area (Å²) in [5.41, 5.74) is 3.56. The van der Waals surface area contributed by atoms with E-state index >= 15 is 0 Å². The molecule has 0 radical (unpaired) electrons.